The van der Waals surface area contributed by atoms with E-state index < -0.39 is 5.54 Å². The first-order valence-electron chi connectivity index (χ1n) is 8.87. The topological polar surface area (TPSA) is 66.4 Å². The molecule has 2 aromatic carbocycles. The highest BCUT2D eigenvalue weighted by Crippen LogP contribution is 2.22. The molecule has 3 aromatic rings. The van der Waals surface area contributed by atoms with Gasteiger partial charge in [-0.3, -0.25) is 9.98 Å². The van der Waals surface area contributed by atoms with Crippen LogP contribution in [-0.2, 0) is 5.54 Å². The summed E-state index contributed by atoms with van der Waals surface area (Å²) in [7, 11) is 1.78. The fraction of sp³-hybridized carbons (Fsp3) is 0.227. The number of carbonyl (C=O) groups is 1. The number of urea groups is 1. The first-order chi connectivity index (χ1) is 12.9. The smallest absolute Gasteiger partial charge is 0.319 e. The van der Waals surface area contributed by atoms with Gasteiger partial charge in [-0.1, -0.05) is 30.3 Å². The minimum Gasteiger partial charge on any atom is -0.329 e. The summed E-state index contributed by atoms with van der Waals surface area (Å²) in [5.74, 6) is 0. The molecule has 1 heterocycles. The van der Waals surface area contributed by atoms with Gasteiger partial charge in [0.25, 0.3) is 0 Å². The Morgan fingerprint density at radius 3 is 2.67 bits per heavy atom. The zero-order chi connectivity index (χ0) is 19.4. The van der Waals surface area contributed by atoms with Crippen LogP contribution in [0.1, 0.15) is 31.9 Å². The number of aliphatic imine (C=N–C) groups is 1. The van der Waals surface area contributed by atoms with Gasteiger partial charge >= 0.3 is 6.03 Å². The molecule has 2 N–H and O–H groups in total. The number of nitrogens with one attached hydrogen (secondary N) is 2. The van der Waals surface area contributed by atoms with Crippen LogP contribution in [0.4, 0.5) is 10.5 Å². The molecule has 3 rings (SSSR count). The standard InChI is InChI=1S/C22H24N4O/c1-15(23-4)17-7-5-9-18(13-17)22(2,3)26-21(27)25-19-11-10-16-8-6-12-24-20(16)14-19/h5-14H,1-4H3,(H2,25,26,27). The largest absolute Gasteiger partial charge is 0.329 e. The maximum absolute atomic E-state index is 12.5. The molecule has 0 fully saturated rings. The van der Waals surface area contributed by atoms with E-state index in [1.165, 1.54) is 0 Å². The van der Waals surface area contributed by atoms with Crippen molar-refractivity contribution in [2.45, 2.75) is 26.3 Å². The van der Waals surface area contributed by atoms with Crippen LogP contribution in [0.2, 0.25) is 0 Å². The highest BCUT2D eigenvalue weighted by atomic mass is 16.2. The maximum Gasteiger partial charge on any atom is 0.319 e. The van der Waals surface area contributed by atoms with Gasteiger partial charge in [0.1, 0.15) is 0 Å². The second-order valence-electron chi connectivity index (χ2n) is 7.00. The molecule has 0 saturated carbocycles. The minimum atomic E-state index is -0.538. The van der Waals surface area contributed by atoms with Gasteiger partial charge in [-0.05, 0) is 56.2 Å². The van der Waals surface area contributed by atoms with Gasteiger partial charge in [0, 0.05) is 30.0 Å². The molecule has 5 heteroatoms. The summed E-state index contributed by atoms with van der Waals surface area (Å²) in [5.41, 5.74) is 4.03. The van der Waals surface area contributed by atoms with Crippen molar-refractivity contribution >= 4 is 28.3 Å². The molecule has 27 heavy (non-hydrogen) atoms. The lowest BCUT2D eigenvalue weighted by molar-refractivity contribution is 0.242. The number of pyridine rings is 1. The van der Waals surface area contributed by atoms with Crippen molar-refractivity contribution in [2.75, 3.05) is 12.4 Å². The summed E-state index contributed by atoms with van der Waals surface area (Å²) < 4.78 is 0. The van der Waals surface area contributed by atoms with Crippen LogP contribution < -0.4 is 10.6 Å². The van der Waals surface area contributed by atoms with Gasteiger partial charge in [0.2, 0.25) is 0 Å². The molecule has 138 valence electrons. The predicted octanol–water partition coefficient (Wildman–Crippen LogP) is 4.73. The molecule has 0 aliphatic rings. The molecule has 0 unspecified atom stereocenters. The molecule has 0 saturated heterocycles. The van der Waals surface area contributed by atoms with Crippen LogP contribution >= 0.6 is 0 Å². The average Bonchev–Trinajstić information content (AvgIpc) is 2.67. The molecule has 0 bridgehead atoms. The molecular weight excluding hydrogens is 336 g/mol. The molecule has 1 aromatic heterocycles. The van der Waals surface area contributed by atoms with E-state index in [0.29, 0.717) is 5.69 Å². The molecular formula is C22H24N4O. The molecule has 0 spiro atoms. The summed E-state index contributed by atoms with van der Waals surface area (Å²) in [4.78, 5) is 21.1. The normalized spacial score (nSPS) is 12.1. The van der Waals surface area contributed by atoms with Crippen molar-refractivity contribution in [3.05, 3.63) is 71.9 Å². The fourth-order valence-corrected chi connectivity index (χ4v) is 2.92. The predicted molar refractivity (Wildman–Crippen MR) is 112 cm³/mol. The van der Waals surface area contributed by atoms with Crippen LogP contribution in [0.5, 0.6) is 0 Å². The highest BCUT2D eigenvalue weighted by molar-refractivity contribution is 5.99. The van der Waals surface area contributed by atoms with Gasteiger partial charge in [0.15, 0.2) is 0 Å². The first-order valence-corrected chi connectivity index (χ1v) is 8.87. The fourth-order valence-electron chi connectivity index (χ4n) is 2.92. The van der Waals surface area contributed by atoms with E-state index in [1.54, 1.807) is 13.2 Å². The van der Waals surface area contributed by atoms with E-state index in [-0.39, 0.29) is 6.03 Å². The van der Waals surface area contributed by atoms with Crippen LogP contribution in [0.15, 0.2) is 65.8 Å². The molecule has 5 nitrogen and oxygen atoms in total. The van der Waals surface area contributed by atoms with Gasteiger partial charge in [0.05, 0.1) is 11.1 Å². The molecule has 2 amide bonds. The number of rotatable bonds is 4. The van der Waals surface area contributed by atoms with E-state index in [2.05, 4.69) is 26.7 Å². The van der Waals surface area contributed by atoms with Gasteiger partial charge < -0.3 is 10.6 Å². The minimum absolute atomic E-state index is 0.262. The third kappa shape index (κ3) is 4.31. The van der Waals surface area contributed by atoms with Crippen molar-refractivity contribution in [2.24, 2.45) is 4.99 Å². The van der Waals surface area contributed by atoms with E-state index in [4.69, 9.17) is 0 Å². The summed E-state index contributed by atoms with van der Waals surface area (Å²) in [6.45, 7) is 5.93. The number of nitrogens with zero attached hydrogens (tertiary/aromatic N) is 2. The monoisotopic (exact) mass is 360 g/mol. The van der Waals surface area contributed by atoms with E-state index in [9.17, 15) is 4.79 Å². The number of aromatic nitrogens is 1. The summed E-state index contributed by atoms with van der Waals surface area (Å²) in [6.07, 6.45) is 1.74. The SMILES string of the molecule is CN=C(C)c1cccc(C(C)(C)NC(=O)Nc2ccc3cccnc3c2)c1. The van der Waals surface area contributed by atoms with Gasteiger partial charge in [-0.15, -0.1) is 0 Å². The third-order valence-corrected chi connectivity index (χ3v) is 4.63. The number of hydrogen-bond donors (Lipinski definition) is 2. The number of amides is 2. The van der Waals surface area contributed by atoms with Crippen molar-refractivity contribution in [3.8, 4) is 0 Å². The summed E-state index contributed by atoms with van der Waals surface area (Å²) >= 11 is 0. The van der Waals surface area contributed by atoms with Crippen molar-refractivity contribution in [1.82, 2.24) is 10.3 Å². The van der Waals surface area contributed by atoms with E-state index >= 15 is 0 Å². The number of carbonyl (C=O) groups excluding carboxylic acids is 1. The molecule has 0 radical (unpaired) electrons. The molecule has 0 aliphatic carbocycles. The maximum atomic E-state index is 12.5. The second kappa shape index (κ2) is 7.58. The lowest BCUT2D eigenvalue weighted by Crippen LogP contribution is -2.43. The lowest BCUT2D eigenvalue weighted by atomic mass is 9.92. The average molecular weight is 360 g/mol. The first kappa shape index (κ1) is 18.6. The molecule has 0 aliphatic heterocycles. The Hall–Kier alpha value is -3.21. The van der Waals surface area contributed by atoms with Crippen LogP contribution in [-0.4, -0.2) is 23.8 Å². The van der Waals surface area contributed by atoms with Crippen molar-refractivity contribution < 1.29 is 4.79 Å². The second-order valence-corrected chi connectivity index (χ2v) is 7.00. The van der Waals surface area contributed by atoms with Gasteiger partial charge in [-0.2, -0.15) is 0 Å². The lowest BCUT2D eigenvalue weighted by Gasteiger charge is -2.27. The van der Waals surface area contributed by atoms with Crippen molar-refractivity contribution in [3.63, 3.8) is 0 Å². The van der Waals surface area contributed by atoms with Crippen LogP contribution in [0.3, 0.4) is 0 Å². The summed E-state index contributed by atoms with van der Waals surface area (Å²) in [6, 6.07) is 17.4. The third-order valence-electron chi connectivity index (χ3n) is 4.63. The Labute approximate surface area is 159 Å². The Morgan fingerprint density at radius 1 is 1.07 bits per heavy atom. The Kier molecular flexibility index (Phi) is 5.21. The number of fused-ring (bicyclic) bond motifs is 1. The van der Waals surface area contributed by atoms with Crippen LogP contribution in [0, 0.1) is 0 Å². The van der Waals surface area contributed by atoms with Gasteiger partial charge in [-0.25, -0.2) is 4.79 Å². The molecule has 0 atom stereocenters. The Morgan fingerprint density at radius 2 is 1.89 bits per heavy atom. The highest BCUT2D eigenvalue weighted by Gasteiger charge is 2.23. The Bertz CT molecular complexity index is 1010. The Balaban J connectivity index is 1.75. The van der Waals surface area contributed by atoms with E-state index in [1.807, 2.05) is 69.3 Å². The zero-order valence-electron chi connectivity index (χ0n) is 16.1. The number of anilines is 1. The number of benzene rings is 2. The number of hydrogen-bond acceptors (Lipinski definition) is 3. The van der Waals surface area contributed by atoms with Crippen LogP contribution in [0.25, 0.3) is 10.9 Å². The zero-order valence-corrected chi connectivity index (χ0v) is 16.1. The quantitative estimate of drug-likeness (QED) is 0.661. The summed E-state index contributed by atoms with van der Waals surface area (Å²) in [5, 5.41) is 6.97. The van der Waals surface area contributed by atoms with E-state index in [0.717, 1.165) is 27.7 Å². The van der Waals surface area contributed by atoms with Crippen molar-refractivity contribution in [1.29, 1.82) is 0 Å².